The highest BCUT2D eigenvalue weighted by Crippen LogP contribution is 2.31. The lowest BCUT2D eigenvalue weighted by Gasteiger charge is -2.15. The number of aromatic nitrogens is 2. The summed E-state index contributed by atoms with van der Waals surface area (Å²) in [6.45, 7) is 5.86. The number of aryl methyl sites for hydroxylation is 1. The molecule has 2 aromatic heterocycles. The number of rotatable bonds is 4. The number of hydrogen-bond acceptors (Lipinski definition) is 4. The molecule has 0 saturated carbocycles. The first-order valence-corrected chi connectivity index (χ1v) is 8.07. The summed E-state index contributed by atoms with van der Waals surface area (Å²) >= 11 is 0. The fourth-order valence-electron chi connectivity index (χ4n) is 2.93. The molecule has 1 aromatic carbocycles. The van der Waals surface area contributed by atoms with E-state index in [1.807, 2.05) is 67.9 Å². The summed E-state index contributed by atoms with van der Waals surface area (Å²) in [4.78, 5) is 4.33. The Hall–Kier alpha value is -3.21. The van der Waals surface area contributed by atoms with Gasteiger partial charge in [-0.1, -0.05) is 6.07 Å². The van der Waals surface area contributed by atoms with Crippen LogP contribution in [0.4, 0.5) is 0 Å². The van der Waals surface area contributed by atoms with Crippen LogP contribution < -0.4 is 16.2 Å². The van der Waals surface area contributed by atoms with Crippen molar-refractivity contribution in [2.24, 2.45) is 11.5 Å². The molecule has 5 nitrogen and oxygen atoms in total. The number of allylic oxidation sites excluding steroid dienone is 3. The first kappa shape index (κ1) is 16.6. The highest BCUT2D eigenvalue weighted by molar-refractivity contribution is 5.82. The Morgan fingerprint density at radius 1 is 1.20 bits per heavy atom. The van der Waals surface area contributed by atoms with Gasteiger partial charge in [0.1, 0.15) is 11.3 Å². The standard InChI is InChI=1S/C20H22N4O/c1-13-11-16(6-7-17(13)19(15(3)22)14(2)12-21)25-20-18-5-4-9-24(18)10-8-23-20/h4-12H,21-22H2,1-3H3/b14-12-,19-15?. The van der Waals surface area contributed by atoms with E-state index in [4.69, 9.17) is 16.2 Å². The third-order valence-corrected chi connectivity index (χ3v) is 4.14. The van der Waals surface area contributed by atoms with E-state index in [-0.39, 0.29) is 0 Å². The van der Waals surface area contributed by atoms with Crippen LogP contribution in [0.5, 0.6) is 11.6 Å². The Morgan fingerprint density at radius 3 is 2.68 bits per heavy atom. The van der Waals surface area contributed by atoms with E-state index < -0.39 is 0 Å². The van der Waals surface area contributed by atoms with Gasteiger partial charge in [-0.3, -0.25) is 0 Å². The molecule has 0 unspecified atom stereocenters. The molecule has 0 atom stereocenters. The summed E-state index contributed by atoms with van der Waals surface area (Å²) in [5.74, 6) is 1.30. The maximum Gasteiger partial charge on any atom is 0.243 e. The number of ether oxygens (including phenoxy) is 1. The van der Waals surface area contributed by atoms with Crippen molar-refractivity contribution >= 4 is 11.1 Å². The zero-order chi connectivity index (χ0) is 18.0. The van der Waals surface area contributed by atoms with Crippen LogP contribution in [-0.2, 0) is 0 Å². The highest BCUT2D eigenvalue weighted by Gasteiger charge is 2.12. The van der Waals surface area contributed by atoms with Crippen LogP contribution >= 0.6 is 0 Å². The minimum atomic E-state index is 0.573. The number of benzene rings is 1. The second-order valence-corrected chi connectivity index (χ2v) is 6.02. The molecule has 0 bridgehead atoms. The summed E-state index contributed by atoms with van der Waals surface area (Å²) in [7, 11) is 0. The molecule has 0 saturated heterocycles. The molecular weight excluding hydrogens is 312 g/mol. The Bertz CT molecular complexity index is 978. The van der Waals surface area contributed by atoms with Gasteiger partial charge in [0.2, 0.25) is 5.88 Å². The molecule has 3 rings (SSSR count). The predicted molar refractivity (Wildman–Crippen MR) is 101 cm³/mol. The number of fused-ring (bicyclic) bond motifs is 1. The van der Waals surface area contributed by atoms with Gasteiger partial charge in [0.25, 0.3) is 0 Å². The van der Waals surface area contributed by atoms with Gasteiger partial charge in [0.05, 0.1) is 0 Å². The van der Waals surface area contributed by atoms with E-state index in [0.717, 1.165) is 39.2 Å². The van der Waals surface area contributed by atoms with E-state index in [9.17, 15) is 0 Å². The van der Waals surface area contributed by atoms with E-state index in [1.54, 1.807) is 12.4 Å². The Morgan fingerprint density at radius 2 is 2.00 bits per heavy atom. The van der Waals surface area contributed by atoms with Crippen LogP contribution in [0.2, 0.25) is 0 Å². The zero-order valence-corrected chi connectivity index (χ0v) is 14.7. The molecule has 2 heterocycles. The van der Waals surface area contributed by atoms with Crippen LogP contribution in [0.1, 0.15) is 25.0 Å². The third kappa shape index (κ3) is 3.21. The van der Waals surface area contributed by atoms with Gasteiger partial charge in [0, 0.05) is 29.9 Å². The van der Waals surface area contributed by atoms with Crippen molar-refractivity contribution in [3.8, 4) is 11.6 Å². The zero-order valence-electron chi connectivity index (χ0n) is 14.7. The van der Waals surface area contributed by atoms with Crippen molar-refractivity contribution in [3.05, 3.63) is 77.5 Å². The SMILES string of the molecule is CC(N)=C(/C(C)=C\N)c1ccc(Oc2nccn3cccc23)cc1C. The average molecular weight is 334 g/mol. The van der Waals surface area contributed by atoms with Gasteiger partial charge in [-0.05, 0) is 67.9 Å². The van der Waals surface area contributed by atoms with E-state index in [1.165, 1.54) is 0 Å². The minimum absolute atomic E-state index is 0.573. The largest absolute Gasteiger partial charge is 0.437 e. The molecule has 0 aliphatic carbocycles. The molecule has 128 valence electrons. The molecule has 0 fully saturated rings. The monoisotopic (exact) mass is 334 g/mol. The van der Waals surface area contributed by atoms with Crippen molar-refractivity contribution in [1.82, 2.24) is 9.38 Å². The Balaban J connectivity index is 1.98. The van der Waals surface area contributed by atoms with Gasteiger partial charge in [-0.2, -0.15) is 0 Å². The second-order valence-electron chi connectivity index (χ2n) is 6.02. The molecule has 0 spiro atoms. The van der Waals surface area contributed by atoms with E-state index >= 15 is 0 Å². The molecule has 4 N–H and O–H groups in total. The molecule has 25 heavy (non-hydrogen) atoms. The Kier molecular flexibility index (Phi) is 4.48. The smallest absolute Gasteiger partial charge is 0.243 e. The summed E-state index contributed by atoms with van der Waals surface area (Å²) in [6, 6.07) is 9.83. The predicted octanol–water partition coefficient (Wildman–Crippen LogP) is 3.99. The van der Waals surface area contributed by atoms with Crippen molar-refractivity contribution in [2.75, 3.05) is 0 Å². The summed E-state index contributed by atoms with van der Waals surface area (Å²) < 4.78 is 7.96. The molecule has 0 aliphatic rings. The molecule has 0 amide bonds. The summed E-state index contributed by atoms with van der Waals surface area (Å²) in [5.41, 5.74) is 17.4. The lowest BCUT2D eigenvalue weighted by Crippen LogP contribution is -2.02. The van der Waals surface area contributed by atoms with Crippen LogP contribution in [0.15, 0.2) is 66.4 Å². The van der Waals surface area contributed by atoms with Crippen LogP contribution in [-0.4, -0.2) is 9.38 Å². The summed E-state index contributed by atoms with van der Waals surface area (Å²) in [5, 5.41) is 0. The Labute approximate surface area is 147 Å². The lowest BCUT2D eigenvalue weighted by atomic mass is 9.94. The van der Waals surface area contributed by atoms with Crippen molar-refractivity contribution in [2.45, 2.75) is 20.8 Å². The first-order chi connectivity index (χ1) is 12.0. The van der Waals surface area contributed by atoms with Gasteiger partial charge >= 0.3 is 0 Å². The number of nitrogens with two attached hydrogens (primary N) is 2. The molecule has 5 heteroatoms. The molecule has 0 aliphatic heterocycles. The lowest BCUT2D eigenvalue weighted by molar-refractivity contribution is 0.466. The summed E-state index contributed by atoms with van der Waals surface area (Å²) in [6.07, 6.45) is 7.14. The molecule has 0 radical (unpaired) electrons. The topological polar surface area (TPSA) is 78.6 Å². The van der Waals surface area contributed by atoms with Crippen LogP contribution in [0, 0.1) is 6.92 Å². The fraction of sp³-hybridized carbons (Fsp3) is 0.150. The molecule has 3 aromatic rings. The van der Waals surface area contributed by atoms with Gasteiger partial charge < -0.3 is 20.6 Å². The maximum atomic E-state index is 6.07. The van der Waals surface area contributed by atoms with Crippen molar-refractivity contribution < 1.29 is 4.74 Å². The number of hydrogen-bond donors (Lipinski definition) is 2. The minimum Gasteiger partial charge on any atom is -0.437 e. The van der Waals surface area contributed by atoms with Crippen molar-refractivity contribution in [1.29, 1.82) is 0 Å². The van der Waals surface area contributed by atoms with Crippen LogP contribution in [0.3, 0.4) is 0 Å². The quantitative estimate of drug-likeness (QED) is 0.707. The highest BCUT2D eigenvalue weighted by atomic mass is 16.5. The van der Waals surface area contributed by atoms with Gasteiger partial charge in [-0.25, -0.2) is 4.98 Å². The van der Waals surface area contributed by atoms with E-state index in [2.05, 4.69) is 4.98 Å². The third-order valence-electron chi connectivity index (χ3n) is 4.14. The average Bonchev–Trinajstić information content (AvgIpc) is 3.06. The molecular formula is C20H22N4O. The number of nitrogens with zero attached hydrogens (tertiary/aromatic N) is 2. The fourth-order valence-corrected chi connectivity index (χ4v) is 2.93. The maximum absolute atomic E-state index is 6.07. The van der Waals surface area contributed by atoms with Crippen LogP contribution in [0.25, 0.3) is 11.1 Å². The van der Waals surface area contributed by atoms with Gasteiger partial charge in [0.15, 0.2) is 0 Å². The van der Waals surface area contributed by atoms with E-state index in [0.29, 0.717) is 5.88 Å². The first-order valence-electron chi connectivity index (χ1n) is 8.07. The van der Waals surface area contributed by atoms with Gasteiger partial charge in [-0.15, -0.1) is 0 Å². The van der Waals surface area contributed by atoms with Crippen molar-refractivity contribution in [3.63, 3.8) is 0 Å². The second kappa shape index (κ2) is 6.73. The normalized spacial score (nSPS) is 13.0.